The minimum Gasteiger partial charge on any atom is -0.507 e. The Morgan fingerprint density at radius 1 is 1.14 bits per heavy atom. The number of benzene rings is 1. The lowest BCUT2D eigenvalue weighted by Gasteiger charge is -2.21. The maximum atomic E-state index is 12.7. The Labute approximate surface area is 162 Å². The molecule has 1 aliphatic heterocycles. The third-order valence-electron chi connectivity index (χ3n) is 5.07. The van der Waals surface area contributed by atoms with Crippen molar-refractivity contribution in [2.24, 2.45) is 7.05 Å². The smallest absolute Gasteiger partial charge is 0.337 e. The quantitative estimate of drug-likeness (QED) is 0.376. The van der Waals surface area contributed by atoms with Crippen molar-refractivity contribution >= 4 is 23.4 Å². The fourth-order valence-corrected chi connectivity index (χ4v) is 3.51. The van der Waals surface area contributed by atoms with Crippen molar-refractivity contribution in [2.75, 3.05) is 14.2 Å². The Kier molecular flexibility index (Phi) is 4.80. The number of likely N-dealkylation sites (N-methyl/N-ethyl adjacent to an activating group) is 1. The topological polar surface area (TPSA) is 102 Å². The van der Waals surface area contributed by atoms with Gasteiger partial charge >= 0.3 is 5.97 Å². The number of aromatic nitrogens is 2. The van der Waals surface area contributed by atoms with Crippen LogP contribution in [0.15, 0.2) is 29.8 Å². The van der Waals surface area contributed by atoms with E-state index in [1.807, 2.05) is 0 Å². The fourth-order valence-electron chi connectivity index (χ4n) is 3.51. The molecular weight excluding hydrogens is 362 g/mol. The molecular formula is C20H21N3O5. The van der Waals surface area contributed by atoms with E-state index in [0.717, 1.165) is 0 Å². The van der Waals surface area contributed by atoms with Crippen LogP contribution in [0.3, 0.4) is 0 Å². The minimum atomic E-state index is -0.772. The van der Waals surface area contributed by atoms with Crippen LogP contribution in [0.2, 0.25) is 0 Å². The van der Waals surface area contributed by atoms with Crippen molar-refractivity contribution in [3.8, 4) is 0 Å². The third-order valence-corrected chi connectivity index (χ3v) is 5.07. The first-order chi connectivity index (χ1) is 13.2. The van der Waals surface area contributed by atoms with E-state index in [4.69, 9.17) is 0 Å². The van der Waals surface area contributed by atoms with Crippen LogP contribution < -0.4 is 0 Å². The number of ketones is 1. The SMILES string of the molecule is COC(=O)c1ccc(C2/C(=C(\O)c3c(C)nn(C)c3C)C(=O)C(=O)N2C)cc1. The molecule has 3 rings (SSSR count). The van der Waals surface area contributed by atoms with Crippen LogP contribution in [-0.4, -0.2) is 51.6 Å². The minimum absolute atomic E-state index is 0.00230. The molecule has 1 N–H and O–H groups in total. The van der Waals surface area contributed by atoms with Crippen molar-refractivity contribution in [2.45, 2.75) is 19.9 Å². The number of nitrogens with zero attached hydrogens (tertiary/aromatic N) is 3. The molecule has 146 valence electrons. The van der Waals surface area contributed by atoms with Crippen LogP contribution in [0.25, 0.3) is 5.76 Å². The molecule has 1 fully saturated rings. The van der Waals surface area contributed by atoms with Crippen molar-refractivity contribution < 1.29 is 24.2 Å². The van der Waals surface area contributed by atoms with E-state index < -0.39 is 23.7 Å². The van der Waals surface area contributed by atoms with E-state index in [-0.39, 0.29) is 11.3 Å². The molecule has 0 radical (unpaired) electrons. The van der Waals surface area contributed by atoms with Crippen molar-refractivity contribution in [3.05, 3.63) is 57.9 Å². The highest BCUT2D eigenvalue weighted by atomic mass is 16.5. The Morgan fingerprint density at radius 2 is 1.75 bits per heavy atom. The summed E-state index contributed by atoms with van der Waals surface area (Å²) in [6.07, 6.45) is 0. The largest absolute Gasteiger partial charge is 0.507 e. The standard InChI is InChI=1S/C20H21N3O5/c1-10-14(11(2)23(4)21-10)17(24)15-16(22(3)19(26)18(15)25)12-6-8-13(9-7-12)20(27)28-5/h6-9,16,24H,1-5H3/b17-15+. The predicted octanol–water partition coefficient (Wildman–Crippen LogP) is 1.88. The molecule has 8 heteroatoms. The zero-order valence-corrected chi connectivity index (χ0v) is 16.3. The molecule has 1 amide bonds. The van der Waals surface area contributed by atoms with Crippen LogP contribution in [0.1, 0.15) is 38.9 Å². The van der Waals surface area contributed by atoms with Gasteiger partial charge in [-0.1, -0.05) is 12.1 Å². The number of aryl methyl sites for hydroxylation is 2. The van der Waals surface area contributed by atoms with Crippen LogP contribution in [-0.2, 0) is 21.4 Å². The zero-order valence-electron chi connectivity index (χ0n) is 16.3. The Balaban J connectivity index is 2.17. The number of rotatable bonds is 3. The summed E-state index contributed by atoms with van der Waals surface area (Å²) in [4.78, 5) is 38.0. The first-order valence-corrected chi connectivity index (χ1v) is 8.62. The Bertz CT molecular complexity index is 1020. The number of methoxy groups -OCH3 is 1. The highest BCUT2D eigenvalue weighted by Crippen LogP contribution is 2.39. The van der Waals surface area contributed by atoms with Crippen molar-refractivity contribution in [1.29, 1.82) is 0 Å². The van der Waals surface area contributed by atoms with E-state index in [1.165, 1.54) is 19.1 Å². The molecule has 1 aliphatic rings. The first kappa shape index (κ1) is 19.3. The van der Waals surface area contributed by atoms with E-state index in [1.54, 1.807) is 49.8 Å². The predicted molar refractivity (Wildman–Crippen MR) is 101 cm³/mol. The van der Waals surface area contributed by atoms with Crippen molar-refractivity contribution in [3.63, 3.8) is 0 Å². The number of Topliss-reactive ketones (excluding diaryl/α,β-unsaturated/α-hetero) is 1. The van der Waals surface area contributed by atoms with Gasteiger partial charge in [-0.3, -0.25) is 14.3 Å². The number of esters is 1. The number of ether oxygens (including phenoxy) is 1. The van der Waals surface area contributed by atoms with Gasteiger partial charge in [-0.2, -0.15) is 5.10 Å². The lowest BCUT2D eigenvalue weighted by atomic mass is 9.94. The van der Waals surface area contributed by atoms with E-state index >= 15 is 0 Å². The van der Waals surface area contributed by atoms with Gasteiger partial charge in [0, 0.05) is 19.8 Å². The third kappa shape index (κ3) is 2.87. The molecule has 0 bridgehead atoms. The van der Waals surface area contributed by atoms with Crippen LogP contribution in [0, 0.1) is 13.8 Å². The Morgan fingerprint density at radius 3 is 2.25 bits per heavy atom. The maximum Gasteiger partial charge on any atom is 0.337 e. The maximum absolute atomic E-state index is 12.7. The summed E-state index contributed by atoms with van der Waals surface area (Å²) in [5.74, 6) is -2.21. The van der Waals surface area contributed by atoms with Crippen molar-refractivity contribution in [1.82, 2.24) is 14.7 Å². The van der Waals surface area contributed by atoms with Crippen LogP contribution in [0.4, 0.5) is 0 Å². The molecule has 2 aromatic rings. The van der Waals surface area contributed by atoms with Crippen LogP contribution in [0.5, 0.6) is 0 Å². The summed E-state index contributed by atoms with van der Waals surface area (Å²) in [7, 11) is 4.53. The van der Waals surface area contributed by atoms with Gasteiger partial charge in [0.1, 0.15) is 5.76 Å². The summed E-state index contributed by atoms with van der Waals surface area (Å²) in [6, 6.07) is 5.60. The molecule has 0 saturated carbocycles. The highest BCUT2D eigenvalue weighted by molar-refractivity contribution is 6.46. The number of carbonyl (C=O) groups excluding carboxylic acids is 3. The molecule has 0 aliphatic carbocycles. The van der Waals surface area contributed by atoms with Gasteiger partial charge in [0.15, 0.2) is 0 Å². The molecule has 0 spiro atoms. The summed E-state index contributed by atoms with van der Waals surface area (Å²) in [5, 5.41) is 15.2. The molecule has 28 heavy (non-hydrogen) atoms. The summed E-state index contributed by atoms with van der Waals surface area (Å²) in [5.41, 5.74) is 2.60. The second-order valence-electron chi connectivity index (χ2n) is 6.69. The molecule has 1 unspecified atom stereocenters. The Hall–Kier alpha value is -3.42. The first-order valence-electron chi connectivity index (χ1n) is 8.62. The fraction of sp³-hybridized carbons (Fsp3) is 0.300. The van der Waals surface area contributed by atoms with Gasteiger partial charge in [0.05, 0.1) is 35.5 Å². The van der Waals surface area contributed by atoms with Crippen LogP contribution >= 0.6 is 0 Å². The second kappa shape index (κ2) is 6.95. The highest BCUT2D eigenvalue weighted by Gasteiger charge is 2.44. The lowest BCUT2D eigenvalue weighted by Crippen LogP contribution is -2.24. The number of aliphatic hydroxyl groups excluding tert-OH is 1. The molecule has 1 aromatic heterocycles. The lowest BCUT2D eigenvalue weighted by molar-refractivity contribution is -0.139. The number of carbonyl (C=O) groups is 3. The van der Waals surface area contributed by atoms with Gasteiger partial charge in [-0.15, -0.1) is 0 Å². The van der Waals surface area contributed by atoms with Gasteiger partial charge in [-0.05, 0) is 31.5 Å². The molecule has 1 saturated heterocycles. The van der Waals surface area contributed by atoms with E-state index in [2.05, 4.69) is 9.84 Å². The number of hydrogen-bond donors (Lipinski definition) is 1. The molecule has 2 heterocycles. The monoisotopic (exact) mass is 383 g/mol. The molecule has 8 nitrogen and oxygen atoms in total. The normalized spacial score (nSPS) is 18.6. The summed E-state index contributed by atoms with van der Waals surface area (Å²) >= 11 is 0. The number of amides is 1. The number of aliphatic hydroxyl groups is 1. The van der Waals surface area contributed by atoms with E-state index in [9.17, 15) is 19.5 Å². The van der Waals surface area contributed by atoms with Gasteiger partial charge in [-0.25, -0.2) is 4.79 Å². The van der Waals surface area contributed by atoms with Gasteiger partial charge < -0.3 is 14.7 Å². The number of likely N-dealkylation sites (tertiary alicyclic amines) is 1. The number of hydrogen-bond acceptors (Lipinski definition) is 6. The zero-order chi connectivity index (χ0) is 20.7. The average Bonchev–Trinajstić information content (AvgIpc) is 3.07. The molecule has 1 aromatic carbocycles. The second-order valence-corrected chi connectivity index (χ2v) is 6.69. The van der Waals surface area contributed by atoms with E-state index in [0.29, 0.717) is 28.1 Å². The molecule has 1 atom stereocenters. The van der Waals surface area contributed by atoms with Gasteiger partial charge in [0.2, 0.25) is 0 Å². The average molecular weight is 383 g/mol. The van der Waals surface area contributed by atoms with Gasteiger partial charge in [0.25, 0.3) is 11.7 Å². The summed E-state index contributed by atoms with van der Waals surface area (Å²) < 4.78 is 6.29. The summed E-state index contributed by atoms with van der Waals surface area (Å²) in [6.45, 7) is 3.50.